The third-order valence-electron chi connectivity index (χ3n) is 10.4. The van der Waals surface area contributed by atoms with Gasteiger partial charge in [0.15, 0.2) is 5.78 Å². The highest BCUT2D eigenvalue weighted by molar-refractivity contribution is 5.94. The topological polar surface area (TPSA) is 57.6 Å². The molecule has 0 unspecified atom stereocenters. The van der Waals surface area contributed by atoms with Crippen molar-refractivity contribution >= 4 is 11.7 Å². The molecule has 0 aliphatic heterocycles. The second-order valence-electron chi connectivity index (χ2n) is 12.1. The number of hydrogen-bond acceptors (Lipinski definition) is 3. The van der Waals surface area contributed by atoms with Gasteiger partial charge in [-0.05, 0) is 99.1 Å². The van der Waals surface area contributed by atoms with Crippen LogP contribution in [0.25, 0.3) is 0 Å². The van der Waals surface area contributed by atoms with E-state index in [9.17, 15) is 27.9 Å². The molecule has 1 N–H and O–H groups in total. The van der Waals surface area contributed by atoms with E-state index in [1.807, 2.05) is 13.8 Å². The van der Waals surface area contributed by atoms with Crippen molar-refractivity contribution in [1.82, 2.24) is 4.90 Å². The van der Waals surface area contributed by atoms with Gasteiger partial charge in [-0.3, -0.25) is 9.59 Å². The van der Waals surface area contributed by atoms with E-state index in [0.717, 1.165) is 16.7 Å². The smallest absolute Gasteiger partial charge is 0.383 e. The zero-order chi connectivity index (χ0) is 29.3. The summed E-state index contributed by atoms with van der Waals surface area (Å²) < 4.78 is 71.4. The Balaban J connectivity index is 1.64. The number of carbonyl (C=O) groups is 2. The number of rotatable bonds is 5. The molecular weight excluding hydrogens is 529 g/mol. The minimum absolute atomic E-state index is 0.0364. The third-order valence-corrected chi connectivity index (χ3v) is 10.4. The first kappa shape index (κ1) is 29.0. The minimum Gasteiger partial charge on any atom is -0.383 e. The first-order valence-corrected chi connectivity index (χ1v) is 14.2. The number of benzene rings is 1. The van der Waals surface area contributed by atoms with E-state index in [1.54, 1.807) is 35.2 Å². The largest absolute Gasteiger partial charge is 0.456 e. The molecule has 1 amide bonds. The van der Waals surface area contributed by atoms with Crippen LogP contribution >= 0.6 is 0 Å². The number of fused-ring (bicyclic) bond motifs is 4. The number of amides is 1. The van der Waals surface area contributed by atoms with E-state index < -0.39 is 41.4 Å². The van der Waals surface area contributed by atoms with E-state index in [0.29, 0.717) is 49.9 Å². The molecule has 0 spiro atoms. The summed E-state index contributed by atoms with van der Waals surface area (Å²) in [6.07, 6.45) is -2.95. The van der Waals surface area contributed by atoms with Crippen molar-refractivity contribution in [3.8, 4) is 0 Å². The standard InChI is InChI=1S/C31H36F5NO3/c1-4-37(5-2)27(39)19-8-6-18(7-9-19)24-17-28(3)25(14-15-29(28,40)30(32,33)31(34,35)36)23-12-10-20-16-21(38)11-13-22(20)26(23)24/h6-9,16,23-25,40H,4-5,10-15,17H2,1-3H3/t23-,24+,25-,28-,29-/m0/s1. The van der Waals surface area contributed by atoms with Crippen molar-refractivity contribution in [2.75, 3.05) is 13.1 Å². The summed E-state index contributed by atoms with van der Waals surface area (Å²) in [5, 5.41) is 11.4. The second kappa shape index (κ2) is 9.78. The molecule has 4 aliphatic rings. The van der Waals surface area contributed by atoms with Gasteiger partial charge >= 0.3 is 12.1 Å². The Bertz CT molecular complexity index is 1260. The van der Waals surface area contributed by atoms with Gasteiger partial charge in [-0.15, -0.1) is 0 Å². The van der Waals surface area contributed by atoms with Crippen LogP contribution in [0.5, 0.6) is 0 Å². The molecular formula is C31H36F5NO3. The fraction of sp³-hybridized carbons (Fsp3) is 0.613. The van der Waals surface area contributed by atoms with Crippen LogP contribution in [-0.4, -0.2) is 52.5 Å². The summed E-state index contributed by atoms with van der Waals surface area (Å²) in [7, 11) is 0. The molecule has 0 aromatic heterocycles. The number of carbonyl (C=O) groups excluding carboxylic acids is 2. The van der Waals surface area contributed by atoms with Crippen LogP contribution in [-0.2, 0) is 4.79 Å². The molecule has 2 saturated carbocycles. The van der Waals surface area contributed by atoms with E-state index >= 15 is 8.78 Å². The SMILES string of the molecule is CCN(CC)C(=O)c1ccc([C@H]2C[C@@]3(C)[C@@H](CC[C@@]3(O)C(F)(F)C(F)(F)F)[C@@H]3CCC4=CC(=O)CCC4=C32)cc1. The van der Waals surface area contributed by atoms with Crippen molar-refractivity contribution in [2.45, 2.75) is 89.3 Å². The monoisotopic (exact) mass is 565 g/mol. The van der Waals surface area contributed by atoms with E-state index in [1.165, 1.54) is 6.92 Å². The molecule has 5 atom stereocenters. The lowest BCUT2D eigenvalue weighted by Gasteiger charge is -2.56. The lowest BCUT2D eigenvalue weighted by Crippen LogP contribution is -2.65. The molecule has 9 heteroatoms. The van der Waals surface area contributed by atoms with Gasteiger partial charge in [0, 0.05) is 36.4 Å². The number of ketones is 1. The summed E-state index contributed by atoms with van der Waals surface area (Å²) in [5.74, 6) is -6.73. The molecule has 4 nitrogen and oxygen atoms in total. The van der Waals surface area contributed by atoms with Gasteiger partial charge in [0.1, 0.15) is 5.60 Å². The highest BCUT2D eigenvalue weighted by Crippen LogP contribution is 2.70. The van der Waals surface area contributed by atoms with E-state index in [2.05, 4.69) is 0 Å². The van der Waals surface area contributed by atoms with Crippen molar-refractivity contribution in [1.29, 1.82) is 0 Å². The van der Waals surface area contributed by atoms with E-state index in [-0.39, 0.29) is 30.4 Å². The predicted octanol–water partition coefficient (Wildman–Crippen LogP) is 7.00. The number of hydrogen-bond donors (Lipinski definition) is 1. The quantitative estimate of drug-likeness (QED) is 0.392. The minimum atomic E-state index is -5.88. The Kier molecular flexibility index (Phi) is 7.08. The molecule has 0 bridgehead atoms. The first-order valence-electron chi connectivity index (χ1n) is 14.2. The fourth-order valence-electron chi connectivity index (χ4n) is 8.27. The zero-order valence-electron chi connectivity index (χ0n) is 23.1. The lowest BCUT2D eigenvalue weighted by atomic mass is 9.50. The van der Waals surface area contributed by atoms with Crippen molar-refractivity contribution in [3.63, 3.8) is 0 Å². The Hall–Kier alpha value is -2.55. The van der Waals surface area contributed by atoms with Crippen LogP contribution in [0.15, 0.2) is 47.1 Å². The number of nitrogens with zero attached hydrogens (tertiary/aromatic N) is 1. The van der Waals surface area contributed by atoms with Crippen LogP contribution < -0.4 is 0 Å². The van der Waals surface area contributed by atoms with Gasteiger partial charge in [0.2, 0.25) is 0 Å². The average Bonchev–Trinajstić information content (AvgIpc) is 3.19. The number of allylic oxidation sites excluding steroid dienone is 4. The number of aliphatic hydroxyl groups is 1. The average molecular weight is 566 g/mol. The highest BCUT2D eigenvalue weighted by atomic mass is 19.4. The Labute approximate surface area is 231 Å². The maximum Gasteiger partial charge on any atom is 0.456 e. The van der Waals surface area contributed by atoms with Gasteiger partial charge in [0.05, 0.1) is 0 Å². The summed E-state index contributed by atoms with van der Waals surface area (Å²) in [5.41, 5.74) is -0.806. The van der Waals surface area contributed by atoms with Crippen LogP contribution in [0.4, 0.5) is 22.0 Å². The fourth-order valence-corrected chi connectivity index (χ4v) is 8.27. The summed E-state index contributed by atoms with van der Waals surface area (Å²) in [6, 6.07) is 6.88. The number of halogens is 5. The molecule has 4 aliphatic carbocycles. The third kappa shape index (κ3) is 4.09. The molecule has 2 fully saturated rings. The van der Waals surface area contributed by atoms with Crippen LogP contribution in [0, 0.1) is 17.3 Å². The van der Waals surface area contributed by atoms with Crippen LogP contribution in [0.2, 0.25) is 0 Å². The predicted molar refractivity (Wildman–Crippen MR) is 140 cm³/mol. The van der Waals surface area contributed by atoms with Gasteiger partial charge in [0.25, 0.3) is 5.91 Å². The normalized spacial score (nSPS) is 32.3. The van der Waals surface area contributed by atoms with Crippen LogP contribution in [0.1, 0.15) is 87.6 Å². The molecule has 5 rings (SSSR count). The van der Waals surface area contributed by atoms with Gasteiger partial charge in [-0.2, -0.15) is 22.0 Å². The van der Waals surface area contributed by atoms with Crippen molar-refractivity contribution in [3.05, 3.63) is 58.2 Å². The molecule has 1 aromatic rings. The van der Waals surface area contributed by atoms with Gasteiger partial charge in [-0.25, -0.2) is 0 Å². The zero-order valence-corrected chi connectivity index (χ0v) is 23.1. The van der Waals surface area contributed by atoms with E-state index in [4.69, 9.17) is 0 Å². The Morgan fingerprint density at radius 2 is 1.68 bits per heavy atom. The molecule has 218 valence electrons. The molecule has 0 heterocycles. The Morgan fingerprint density at radius 1 is 1.02 bits per heavy atom. The second-order valence-corrected chi connectivity index (χ2v) is 12.1. The molecule has 40 heavy (non-hydrogen) atoms. The summed E-state index contributed by atoms with van der Waals surface area (Å²) in [4.78, 5) is 26.8. The summed E-state index contributed by atoms with van der Waals surface area (Å²) in [6.45, 7) is 6.25. The van der Waals surface area contributed by atoms with Crippen molar-refractivity contribution < 1.29 is 36.6 Å². The molecule has 0 saturated heterocycles. The first-order chi connectivity index (χ1) is 18.7. The number of alkyl halides is 5. The molecule has 0 radical (unpaired) electrons. The highest BCUT2D eigenvalue weighted by Gasteiger charge is 2.79. The maximum atomic E-state index is 15.1. The van der Waals surface area contributed by atoms with Gasteiger partial charge in [-0.1, -0.05) is 24.6 Å². The maximum absolute atomic E-state index is 15.1. The van der Waals surface area contributed by atoms with Gasteiger partial charge < -0.3 is 10.0 Å². The van der Waals surface area contributed by atoms with Crippen LogP contribution in [0.3, 0.4) is 0 Å². The summed E-state index contributed by atoms with van der Waals surface area (Å²) >= 11 is 0. The Morgan fingerprint density at radius 3 is 2.27 bits per heavy atom. The van der Waals surface area contributed by atoms with Crippen molar-refractivity contribution in [2.24, 2.45) is 17.3 Å². The molecule has 1 aromatic carbocycles. The lowest BCUT2D eigenvalue weighted by molar-refractivity contribution is -0.362.